The van der Waals surface area contributed by atoms with Crippen molar-refractivity contribution in [2.75, 3.05) is 0 Å². The summed E-state index contributed by atoms with van der Waals surface area (Å²) in [5.41, 5.74) is 0.902. The highest BCUT2D eigenvalue weighted by atomic mass is 16.3. The van der Waals surface area contributed by atoms with Crippen LogP contribution in [0.15, 0.2) is 36.4 Å². The molecule has 0 saturated carbocycles. The Bertz CT molecular complexity index is 696. The molecular formula is C17H18O4. The minimum atomic E-state index is -0.490. The molecule has 2 rings (SSSR count). The molecule has 0 aliphatic heterocycles. The summed E-state index contributed by atoms with van der Waals surface area (Å²) in [6, 6.07) is 8.61. The predicted octanol–water partition coefficient (Wildman–Crippen LogP) is 3.33. The van der Waals surface area contributed by atoms with Crippen molar-refractivity contribution in [2.45, 2.75) is 26.2 Å². The molecule has 110 valence electrons. The molecule has 21 heavy (non-hydrogen) atoms. The molecule has 0 radical (unpaired) electrons. The maximum Gasteiger partial charge on any atom is 0.200 e. The molecule has 0 atom stereocenters. The van der Waals surface area contributed by atoms with Gasteiger partial charge < -0.3 is 15.3 Å². The van der Waals surface area contributed by atoms with E-state index in [1.165, 1.54) is 18.2 Å². The fourth-order valence-corrected chi connectivity index (χ4v) is 2.04. The van der Waals surface area contributed by atoms with Gasteiger partial charge in [0.05, 0.1) is 11.1 Å². The van der Waals surface area contributed by atoms with E-state index in [-0.39, 0.29) is 33.8 Å². The molecule has 3 N–H and O–H groups in total. The zero-order chi connectivity index (χ0) is 15.8. The third-order valence-electron chi connectivity index (χ3n) is 3.33. The Hall–Kier alpha value is -2.49. The van der Waals surface area contributed by atoms with Crippen molar-refractivity contribution in [1.29, 1.82) is 0 Å². The molecule has 0 aromatic heterocycles. The highest BCUT2D eigenvalue weighted by Gasteiger charge is 2.21. The van der Waals surface area contributed by atoms with E-state index >= 15 is 0 Å². The molecule has 0 fully saturated rings. The molecule has 0 amide bonds. The normalized spacial score (nSPS) is 11.4. The molecule has 0 spiro atoms. The largest absolute Gasteiger partial charge is 0.508 e. The van der Waals surface area contributed by atoms with Crippen LogP contribution in [0.2, 0.25) is 0 Å². The molecule has 0 aliphatic rings. The highest BCUT2D eigenvalue weighted by molar-refractivity contribution is 6.12. The van der Waals surface area contributed by atoms with Crippen molar-refractivity contribution < 1.29 is 20.1 Å². The summed E-state index contributed by atoms with van der Waals surface area (Å²) in [6.07, 6.45) is 0. The van der Waals surface area contributed by atoms with Gasteiger partial charge in [-0.3, -0.25) is 4.79 Å². The SMILES string of the molecule is CC(C)(C)c1ccc(O)c(C(=O)c2ccc(O)cc2O)c1. The first-order chi connectivity index (χ1) is 9.70. The van der Waals surface area contributed by atoms with Crippen molar-refractivity contribution in [3.8, 4) is 17.2 Å². The highest BCUT2D eigenvalue weighted by Crippen LogP contribution is 2.31. The van der Waals surface area contributed by atoms with Crippen LogP contribution in [0.5, 0.6) is 17.2 Å². The molecule has 0 aliphatic carbocycles. The van der Waals surface area contributed by atoms with Crippen molar-refractivity contribution in [3.05, 3.63) is 53.1 Å². The van der Waals surface area contributed by atoms with E-state index in [1.807, 2.05) is 20.8 Å². The second kappa shape index (κ2) is 5.13. The number of hydrogen-bond acceptors (Lipinski definition) is 4. The number of aromatic hydroxyl groups is 3. The van der Waals surface area contributed by atoms with Gasteiger partial charge in [-0.25, -0.2) is 0 Å². The fourth-order valence-electron chi connectivity index (χ4n) is 2.04. The van der Waals surface area contributed by atoms with E-state index in [9.17, 15) is 20.1 Å². The lowest BCUT2D eigenvalue weighted by molar-refractivity contribution is 0.103. The van der Waals surface area contributed by atoms with Crippen LogP contribution in [0.25, 0.3) is 0 Å². The monoisotopic (exact) mass is 286 g/mol. The summed E-state index contributed by atoms with van der Waals surface area (Å²) in [6.45, 7) is 6.02. The van der Waals surface area contributed by atoms with Gasteiger partial charge >= 0.3 is 0 Å². The van der Waals surface area contributed by atoms with Crippen molar-refractivity contribution in [1.82, 2.24) is 0 Å². The molecule has 0 heterocycles. The third-order valence-corrected chi connectivity index (χ3v) is 3.33. The van der Waals surface area contributed by atoms with Crippen molar-refractivity contribution in [3.63, 3.8) is 0 Å². The number of carbonyl (C=O) groups is 1. The lowest BCUT2D eigenvalue weighted by Crippen LogP contribution is -2.12. The number of rotatable bonds is 2. The van der Waals surface area contributed by atoms with E-state index in [4.69, 9.17) is 0 Å². The van der Waals surface area contributed by atoms with Crippen molar-refractivity contribution >= 4 is 5.78 Å². The molecule has 2 aromatic carbocycles. The molecule has 0 bridgehead atoms. The van der Waals surface area contributed by atoms with Crippen LogP contribution in [0.4, 0.5) is 0 Å². The number of benzene rings is 2. The number of carbonyl (C=O) groups excluding carboxylic acids is 1. The number of phenols is 3. The van der Waals surface area contributed by atoms with E-state index in [1.54, 1.807) is 12.1 Å². The molecule has 4 nitrogen and oxygen atoms in total. The topological polar surface area (TPSA) is 77.8 Å². The Morgan fingerprint density at radius 1 is 0.857 bits per heavy atom. The van der Waals surface area contributed by atoms with Crippen LogP contribution in [-0.4, -0.2) is 21.1 Å². The lowest BCUT2D eigenvalue weighted by atomic mass is 9.85. The Morgan fingerprint density at radius 2 is 1.52 bits per heavy atom. The lowest BCUT2D eigenvalue weighted by Gasteiger charge is -2.20. The van der Waals surface area contributed by atoms with Crippen LogP contribution in [0.1, 0.15) is 42.3 Å². The summed E-state index contributed by atoms with van der Waals surface area (Å²) in [5, 5.41) is 29.0. The minimum absolute atomic E-state index is 0.0363. The van der Waals surface area contributed by atoms with Gasteiger partial charge in [0.1, 0.15) is 17.2 Å². The van der Waals surface area contributed by atoms with Gasteiger partial charge in [-0.05, 0) is 35.2 Å². The van der Waals surface area contributed by atoms with Gasteiger partial charge in [0, 0.05) is 6.07 Å². The summed E-state index contributed by atoms with van der Waals surface area (Å²) >= 11 is 0. The van der Waals surface area contributed by atoms with Gasteiger partial charge in [-0.2, -0.15) is 0 Å². The van der Waals surface area contributed by atoms with Crippen molar-refractivity contribution in [2.24, 2.45) is 0 Å². The van der Waals surface area contributed by atoms with Crippen LogP contribution in [0, 0.1) is 0 Å². The maximum absolute atomic E-state index is 12.5. The molecule has 4 heteroatoms. The van der Waals surface area contributed by atoms with Crippen LogP contribution >= 0.6 is 0 Å². The van der Waals surface area contributed by atoms with Gasteiger partial charge in [-0.1, -0.05) is 26.8 Å². The van der Waals surface area contributed by atoms with E-state index in [0.717, 1.165) is 11.6 Å². The average Bonchev–Trinajstić information content (AvgIpc) is 2.37. The van der Waals surface area contributed by atoms with Crippen LogP contribution in [-0.2, 0) is 5.41 Å². The Kier molecular flexibility index (Phi) is 3.64. The van der Waals surface area contributed by atoms with Gasteiger partial charge in [0.25, 0.3) is 0 Å². The third kappa shape index (κ3) is 2.99. The smallest absolute Gasteiger partial charge is 0.200 e. The van der Waals surface area contributed by atoms with Gasteiger partial charge in [0.15, 0.2) is 5.78 Å². The minimum Gasteiger partial charge on any atom is -0.508 e. The molecule has 2 aromatic rings. The first kappa shape index (κ1) is 14.9. The number of phenolic OH excluding ortho intramolecular Hbond substituents is 3. The first-order valence-corrected chi connectivity index (χ1v) is 6.60. The Balaban J connectivity index is 2.53. The quantitative estimate of drug-likeness (QED) is 0.740. The second-order valence-electron chi connectivity index (χ2n) is 6.01. The second-order valence-corrected chi connectivity index (χ2v) is 6.01. The molecular weight excluding hydrogens is 268 g/mol. The zero-order valence-corrected chi connectivity index (χ0v) is 12.2. The Morgan fingerprint density at radius 3 is 2.10 bits per heavy atom. The molecule has 0 saturated heterocycles. The standard InChI is InChI=1S/C17H18O4/c1-17(2,3)10-4-7-14(19)13(8-10)16(21)12-6-5-11(18)9-15(12)20/h4-9,18-20H,1-3H3. The number of hydrogen-bond donors (Lipinski definition) is 3. The number of ketones is 1. The van der Waals surface area contributed by atoms with E-state index in [0.29, 0.717) is 0 Å². The van der Waals surface area contributed by atoms with Gasteiger partial charge in [0.2, 0.25) is 0 Å². The summed E-state index contributed by atoms with van der Waals surface area (Å²) in [5.74, 6) is -1.08. The van der Waals surface area contributed by atoms with Crippen LogP contribution in [0.3, 0.4) is 0 Å². The van der Waals surface area contributed by atoms with E-state index in [2.05, 4.69) is 0 Å². The first-order valence-electron chi connectivity index (χ1n) is 6.60. The van der Waals surface area contributed by atoms with Crippen LogP contribution < -0.4 is 0 Å². The fraction of sp³-hybridized carbons (Fsp3) is 0.235. The Labute approximate surface area is 123 Å². The summed E-state index contributed by atoms with van der Waals surface area (Å²) < 4.78 is 0. The predicted molar refractivity (Wildman–Crippen MR) is 80.0 cm³/mol. The summed E-state index contributed by atoms with van der Waals surface area (Å²) in [4.78, 5) is 12.5. The zero-order valence-electron chi connectivity index (χ0n) is 12.2. The summed E-state index contributed by atoms with van der Waals surface area (Å²) in [7, 11) is 0. The maximum atomic E-state index is 12.5. The van der Waals surface area contributed by atoms with E-state index < -0.39 is 5.78 Å². The average molecular weight is 286 g/mol. The molecule has 0 unspecified atom stereocenters. The van der Waals surface area contributed by atoms with Gasteiger partial charge in [-0.15, -0.1) is 0 Å².